The number of aryl methyl sites for hydroxylation is 3. The number of rotatable bonds is 7. The smallest absolute Gasteiger partial charge is 0.260 e. The van der Waals surface area contributed by atoms with Crippen LogP contribution in [0.3, 0.4) is 0 Å². The zero-order valence-electron chi connectivity index (χ0n) is 18.6. The van der Waals surface area contributed by atoms with Gasteiger partial charge in [-0.3, -0.25) is 14.4 Å². The molecule has 166 valence electrons. The highest BCUT2D eigenvalue weighted by Gasteiger charge is 2.23. The van der Waals surface area contributed by atoms with Crippen LogP contribution in [0.4, 0.5) is 5.13 Å². The molecule has 0 saturated carbocycles. The van der Waals surface area contributed by atoms with Gasteiger partial charge in [0.2, 0.25) is 0 Å². The first-order valence-corrected chi connectivity index (χ1v) is 12.7. The number of anilines is 1. The van der Waals surface area contributed by atoms with Crippen molar-refractivity contribution in [2.24, 2.45) is 0 Å². The fraction of sp³-hybridized carbons (Fsp3) is 0.292. The number of hydrogen-bond donors (Lipinski definition) is 0. The van der Waals surface area contributed by atoms with Crippen molar-refractivity contribution in [3.63, 3.8) is 0 Å². The summed E-state index contributed by atoms with van der Waals surface area (Å²) in [7, 11) is 0. The first-order valence-electron chi connectivity index (χ1n) is 10.5. The van der Waals surface area contributed by atoms with Crippen molar-refractivity contribution in [2.75, 3.05) is 17.2 Å². The molecule has 0 aliphatic carbocycles. The maximum atomic E-state index is 13.7. The van der Waals surface area contributed by atoms with Crippen molar-refractivity contribution < 1.29 is 4.79 Å². The molecule has 8 heteroatoms. The van der Waals surface area contributed by atoms with Crippen LogP contribution in [0, 0.1) is 20.8 Å². The molecule has 32 heavy (non-hydrogen) atoms. The summed E-state index contributed by atoms with van der Waals surface area (Å²) in [5.41, 5.74) is 4.47. The van der Waals surface area contributed by atoms with E-state index in [9.17, 15) is 4.79 Å². The molecule has 0 aliphatic rings. The zero-order chi connectivity index (χ0) is 22.8. The van der Waals surface area contributed by atoms with E-state index in [1.165, 1.54) is 11.3 Å². The third-order valence-corrected chi connectivity index (χ3v) is 7.57. The minimum absolute atomic E-state index is 0.0621. The van der Waals surface area contributed by atoms with Gasteiger partial charge in [-0.25, -0.2) is 4.98 Å². The number of aromatic nitrogens is 3. The number of carbonyl (C=O) groups is 1. The van der Waals surface area contributed by atoms with Crippen LogP contribution < -0.4 is 4.90 Å². The van der Waals surface area contributed by atoms with Crippen LogP contribution in [0.2, 0.25) is 5.02 Å². The summed E-state index contributed by atoms with van der Waals surface area (Å²) in [5.74, 6) is 0.893. The number of amides is 1. The van der Waals surface area contributed by atoms with Gasteiger partial charge in [-0.15, -0.1) is 11.8 Å². The van der Waals surface area contributed by atoms with E-state index in [4.69, 9.17) is 16.6 Å². The molecule has 4 rings (SSSR count). The molecular formula is C24H25ClN4OS2. The SMILES string of the molecule is CCSc1cccc(C(=O)N(CCn2nc(C)cc2C)c2nc3c(C)c(Cl)ccc3s2)c1. The molecule has 0 aliphatic heterocycles. The van der Waals surface area contributed by atoms with Gasteiger partial charge in [0.15, 0.2) is 5.13 Å². The molecule has 2 aromatic heterocycles. The molecule has 4 aromatic rings. The van der Waals surface area contributed by atoms with Gasteiger partial charge in [0, 0.05) is 27.7 Å². The zero-order valence-corrected chi connectivity index (χ0v) is 20.9. The van der Waals surface area contributed by atoms with Gasteiger partial charge in [-0.05, 0) is 68.5 Å². The maximum absolute atomic E-state index is 13.7. The molecule has 0 saturated heterocycles. The van der Waals surface area contributed by atoms with Gasteiger partial charge in [0.05, 0.1) is 22.5 Å². The van der Waals surface area contributed by atoms with Gasteiger partial charge in [-0.2, -0.15) is 5.10 Å². The summed E-state index contributed by atoms with van der Waals surface area (Å²) in [6.45, 7) is 9.13. The van der Waals surface area contributed by atoms with Crippen molar-refractivity contribution in [2.45, 2.75) is 39.1 Å². The predicted octanol–water partition coefficient (Wildman–Crippen LogP) is 6.53. The third-order valence-electron chi connectivity index (χ3n) is 5.24. The molecule has 2 aromatic carbocycles. The molecule has 5 nitrogen and oxygen atoms in total. The van der Waals surface area contributed by atoms with Crippen molar-refractivity contribution in [3.8, 4) is 0 Å². The van der Waals surface area contributed by atoms with Crippen LogP contribution in [0.25, 0.3) is 10.2 Å². The lowest BCUT2D eigenvalue weighted by Gasteiger charge is -2.20. The van der Waals surface area contributed by atoms with Crippen LogP contribution >= 0.6 is 34.7 Å². The van der Waals surface area contributed by atoms with E-state index in [1.54, 1.807) is 16.7 Å². The molecule has 0 radical (unpaired) electrons. The van der Waals surface area contributed by atoms with E-state index in [-0.39, 0.29) is 5.91 Å². The number of benzene rings is 2. The number of thioether (sulfide) groups is 1. The number of halogens is 1. The number of fused-ring (bicyclic) bond motifs is 1. The number of carbonyl (C=O) groups excluding carboxylic acids is 1. The number of thiazole rings is 1. The van der Waals surface area contributed by atoms with Gasteiger partial charge in [0.1, 0.15) is 0 Å². The molecule has 0 atom stereocenters. The summed E-state index contributed by atoms with van der Waals surface area (Å²) < 4.78 is 2.95. The second kappa shape index (κ2) is 9.65. The average Bonchev–Trinajstić information content (AvgIpc) is 3.34. The Balaban J connectivity index is 1.72. The van der Waals surface area contributed by atoms with Crippen LogP contribution in [0.5, 0.6) is 0 Å². The summed E-state index contributed by atoms with van der Waals surface area (Å²) in [5, 5.41) is 5.91. The van der Waals surface area contributed by atoms with Gasteiger partial charge >= 0.3 is 0 Å². The highest BCUT2D eigenvalue weighted by molar-refractivity contribution is 7.99. The Kier molecular flexibility index (Phi) is 6.88. The molecule has 0 spiro atoms. The van der Waals surface area contributed by atoms with Crippen molar-refractivity contribution in [1.29, 1.82) is 0 Å². The molecule has 0 unspecified atom stereocenters. The van der Waals surface area contributed by atoms with E-state index in [2.05, 4.69) is 12.0 Å². The summed E-state index contributed by atoms with van der Waals surface area (Å²) >= 11 is 9.55. The van der Waals surface area contributed by atoms with Crippen molar-refractivity contribution >= 4 is 56.0 Å². The van der Waals surface area contributed by atoms with E-state index in [1.807, 2.05) is 67.9 Å². The Morgan fingerprint density at radius 2 is 2.00 bits per heavy atom. The van der Waals surface area contributed by atoms with Gasteiger partial charge in [-0.1, -0.05) is 35.9 Å². The number of hydrogen-bond acceptors (Lipinski definition) is 5. The lowest BCUT2D eigenvalue weighted by atomic mass is 10.2. The molecule has 0 N–H and O–H groups in total. The standard InChI is InChI=1S/C24H25ClN4OS2/c1-5-31-19-8-6-7-18(14-19)23(30)28(11-12-29-16(3)13-15(2)27-29)24-26-22-17(4)20(25)9-10-21(22)32-24/h6-10,13-14H,5,11-12H2,1-4H3. The lowest BCUT2D eigenvalue weighted by Crippen LogP contribution is -2.34. The fourth-order valence-corrected chi connectivity index (χ4v) is 5.55. The Hall–Kier alpha value is -2.35. The Morgan fingerprint density at radius 1 is 1.19 bits per heavy atom. The monoisotopic (exact) mass is 484 g/mol. The van der Waals surface area contributed by atoms with Crippen LogP contribution in [-0.2, 0) is 6.54 Å². The molecular weight excluding hydrogens is 460 g/mol. The predicted molar refractivity (Wildman–Crippen MR) is 136 cm³/mol. The van der Waals surface area contributed by atoms with Crippen molar-refractivity contribution in [1.82, 2.24) is 14.8 Å². The van der Waals surface area contributed by atoms with E-state index in [0.29, 0.717) is 28.8 Å². The molecule has 0 fully saturated rings. The van der Waals surface area contributed by atoms with Gasteiger partial charge in [0.25, 0.3) is 5.91 Å². The van der Waals surface area contributed by atoms with Crippen LogP contribution in [0.1, 0.15) is 34.2 Å². The second-order valence-corrected chi connectivity index (χ2v) is 10.3. The van der Waals surface area contributed by atoms with E-state index < -0.39 is 0 Å². The Morgan fingerprint density at radius 3 is 2.72 bits per heavy atom. The first kappa shape index (κ1) is 22.8. The Labute approximate surface area is 201 Å². The van der Waals surface area contributed by atoms with Gasteiger partial charge < -0.3 is 0 Å². The largest absolute Gasteiger partial charge is 0.282 e. The number of nitrogens with zero attached hydrogens (tertiary/aromatic N) is 4. The molecule has 0 bridgehead atoms. The normalized spacial score (nSPS) is 11.3. The van der Waals surface area contributed by atoms with E-state index >= 15 is 0 Å². The highest BCUT2D eigenvalue weighted by atomic mass is 35.5. The average molecular weight is 485 g/mol. The highest BCUT2D eigenvalue weighted by Crippen LogP contribution is 2.34. The van der Waals surface area contributed by atoms with Crippen LogP contribution in [-0.4, -0.2) is 33.0 Å². The summed E-state index contributed by atoms with van der Waals surface area (Å²) in [6, 6.07) is 13.7. The van der Waals surface area contributed by atoms with Crippen molar-refractivity contribution in [3.05, 3.63) is 70.0 Å². The third kappa shape index (κ3) is 4.70. The van der Waals surface area contributed by atoms with Crippen LogP contribution in [0.15, 0.2) is 47.4 Å². The lowest BCUT2D eigenvalue weighted by molar-refractivity contribution is 0.0985. The molecule has 2 heterocycles. The Bertz CT molecular complexity index is 1280. The molecule has 1 amide bonds. The minimum Gasteiger partial charge on any atom is -0.282 e. The first-order chi connectivity index (χ1) is 15.4. The summed E-state index contributed by atoms with van der Waals surface area (Å²) in [6.07, 6.45) is 0. The minimum atomic E-state index is -0.0621. The van der Waals surface area contributed by atoms with E-state index in [0.717, 1.165) is 37.8 Å². The summed E-state index contributed by atoms with van der Waals surface area (Å²) in [4.78, 5) is 21.3. The fourth-order valence-electron chi connectivity index (χ4n) is 3.63. The maximum Gasteiger partial charge on any atom is 0.260 e. The second-order valence-electron chi connectivity index (χ2n) is 7.58. The quantitative estimate of drug-likeness (QED) is 0.280. The topological polar surface area (TPSA) is 51.0 Å².